The van der Waals surface area contributed by atoms with E-state index < -0.39 is 0 Å². The number of nitrogens with one attached hydrogen (secondary N) is 1. The van der Waals surface area contributed by atoms with Crippen molar-refractivity contribution < 1.29 is 14.4 Å². The molecule has 210 valence electrons. The number of hydrogen-bond acceptors (Lipinski definition) is 4. The lowest BCUT2D eigenvalue weighted by atomic mass is 9.77. The van der Waals surface area contributed by atoms with Crippen molar-refractivity contribution in [2.75, 3.05) is 19.6 Å². The summed E-state index contributed by atoms with van der Waals surface area (Å²) in [6.07, 6.45) is 9.05. The number of fused-ring (bicyclic) bond motifs is 4. The summed E-state index contributed by atoms with van der Waals surface area (Å²) in [7, 11) is 0. The number of carbonyl (C=O) groups excluding carboxylic acids is 3. The minimum atomic E-state index is 0.0378. The van der Waals surface area contributed by atoms with E-state index in [9.17, 15) is 14.4 Å². The summed E-state index contributed by atoms with van der Waals surface area (Å²) in [6.45, 7) is 8.48. The molecule has 3 amide bonds. The number of hydrogen-bond donors (Lipinski definition) is 1. The molecule has 3 aliphatic rings. The molecule has 5 atom stereocenters. The van der Waals surface area contributed by atoms with Crippen LogP contribution in [0.4, 0.5) is 0 Å². The second-order valence-corrected chi connectivity index (χ2v) is 12.4. The summed E-state index contributed by atoms with van der Waals surface area (Å²) in [5.74, 6) is 1.55. The highest BCUT2D eigenvalue weighted by atomic mass is 16.2. The van der Waals surface area contributed by atoms with Crippen LogP contribution in [-0.2, 0) is 9.59 Å². The molecule has 5 rings (SSSR count). The van der Waals surface area contributed by atoms with Crippen molar-refractivity contribution in [3.63, 3.8) is 0 Å². The van der Waals surface area contributed by atoms with Crippen LogP contribution in [-0.4, -0.2) is 69.0 Å². The molecule has 2 bridgehead atoms. The summed E-state index contributed by atoms with van der Waals surface area (Å²) in [5, 5.41) is 7.56. The first-order valence-electron chi connectivity index (χ1n) is 14.8. The summed E-state index contributed by atoms with van der Waals surface area (Å²) in [6, 6.07) is 9.72. The lowest BCUT2D eigenvalue weighted by Crippen LogP contribution is -2.60. The third kappa shape index (κ3) is 6.36. The highest BCUT2D eigenvalue weighted by molar-refractivity contribution is 5.95. The Morgan fingerprint density at radius 2 is 1.92 bits per heavy atom. The molecule has 1 aromatic heterocycles. The van der Waals surface area contributed by atoms with E-state index in [-0.39, 0.29) is 47.6 Å². The number of piperidine rings is 2. The van der Waals surface area contributed by atoms with Gasteiger partial charge in [-0.2, -0.15) is 5.10 Å². The van der Waals surface area contributed by atoms with Crippen molar-refractivity contribution in [2.24, 2.45) is 23.7 Å². The Bertz CT molecular complexity index is 1160. The molecule has 0 aliphatic carbocycles. The Kier molecular flexibility index (Phi) is 8.38. The van der Waals surface area contributed by atoms with E-state index in [1.165, 1.54) is 0 Å². The molecule has 3 saturated heterocycles. The standard InChI is InChI=1S/C31H43N5O3/c1-21(2)27-12-11-22(3)15-30(38)35-19-23-16-25(28(35)9-5-10-29(37)33-27)20-34(18-23)31(39)24-7-4-8-26(17-24)36-14-6-13-32-36/h4,6-8,13-14,17,21-23,25,27-28H,5,9-12,15-16,18-20H2,1-3H3,(H,33,37)/t22-,23+,25+,27+,28+/m1/s1. The maximum absolute atomic E-state index is 13.7. The van der Waals surface area contributed by atoms with Gasteiger partial charge in [-0.15, -0.1) is 0 Å². The maximum Gasteiger partial charge on any atom is 0.253 e. The Balaban J connectivity index is 1.32. The first-order valence-corrected chi connectivity index (χ1v) is 14.8. The van der Waals surface area contributed by atoms with Gasteiger partial charge in [0, 0.05) is 62.5 Å². The van der Waals surface area contributed by atoms with Gasteiger partial charge in [0.2, 0.25) is 11.8 Å². The van der Waals surface area contributed by atoms with Gasteiger partial charge < -0.3 is 15.1 Å². The molecule has 3 fully saturated rings. The fourth-order valence-corrected chi connectivity index (χ4v) is 6.86. The van der Waals surface area contributed by atoms with Crippen LogP contribution in [0, 0.1) is 23.7 Å². The molecule has 2 aromatic rings. The highest BCUT2D eigenvalue weighted by Gasteiger charge is 2.43. The Labute approximate surface area is 232 Å². The zero-order chi connectivity index (χ0) is 27.5. The zero-order valence-electron chi connectivity index (χ0n) is 23.6. The van der Waals surface area contributed by atoms with Gasteiger partial charge in [0.05, 0.1) is 5.69 Å². The predicted octanol–water partition coefficient (Wildman–Crippen LogP) is 4.29. The molecule has 4 heterocycles. The second kappa shape index (κ2) is 11.9. The van der Waals surface area contributed by atoms with Crippen LogP contribution in [0.1, 0.15) is 76.1 Å². The molecular formula is C31H43N5O3. The summed E-state index contributed by atoms with van der Waals surface area (Å²) >= 11 is 0. The van der Waals surface area contributed by atoms with Gasteiger partial charge in [-0.3, -0.25) is 14.4 Å². The molecule has 39 heavy (non-hydrogen) atoms. The molecule has 1 aromatic carbocycles. The first kappa shape index (κ1) is 27.4. The van der Waals surface area contributed by atoms with Crippen molar-refractivity contribution in [3.8, 4) is 5.69 Å². The lowest BCUT2D eigenvalue weighted by molar-refractivity contribution is -0.141. The van der Waals surface area contributed by atoms with Gasteiger partial charge in [0.1, 0.15) is 0 Å². The molecule has 0 radical (unpaired) electrons. The molecular weight excluding hydrogens is 490 g/mol. The number of aromatic nitrogens is 2. The van der Waals surface area contributed by atoms with Crippen LogP contribution in [0.2, 0.25) is 0 Å². The van der Waals surface area contributed by atoms with Crippen LogP contribution in [0.3, 0.4) is 0 Å². The zero-order valence-corrected chi connectivity index (χ0v) is 23.6. The number of benzene rings is 1. The van der Waals surface area contributed by atoms with Crippen molar-refractivity contribution in [1.82, 2.24) is 24.9 Å². The minimum Gasteiger partial charge on any atom is -0.353 e. The average Bonchev–Trinajstić information content (AvgIpc) is 3.46. The van der Waals surface area contributed by atoms with E-state index in [0.717, 1.165) is 37.8 Å². The lowest BCUT2D eigenvalue weighted by Gasteiger charge is -2.51. The molecule has 0 unspecified atom stereocenters. The number of carbonyl (C=O) groups is 3. The smallest absolute Gasteiger partial charge is 0.253 e. The number of rotatable bonds is 3. The van der Waals surface area contributed by atoms with Crippen LogP contribution >= 0.6 is 0 Å². The molecule has 3 aliphatic heterocycles. The SMILES string of the molecule is CC(C)[C@@H]1CC[C@@H](C)CC(=O)N2C[C@H]3C[C@@H](CN(C(=O)c4cccc(-n5cccn5)c4)C3)[C@@H]2CCCC(=O)N1. The van der Waals surface area contributed by atoms with Gasteiger partial charge in [-0.05, 0) is 80.0 Å². The molecule has 0 saturated carbocycles. The van der Waals surface area contributed by atoms with E-state index in [0.29, 0.717) is 44.0 Å². The minimum absolute atomic E-state index is 0.0378. The van der Waals surface area contributed by atoms with Gasteiger partial charge in [0.15, 0.2) is 0 Å². The van der Waals surface area contributed by atoms with Crippen LogP contribution < -0.4 is 5.32 Å². The Hall–Kier alpha value is -3.16. The van der Waals surface area contributed by atoms with Gasteiger partial charge in [-0.1, -0.05) is 26.8 Å². The van der Waals surface area contributed by atoms with E-state index >= 15 is 0 Å². The summed E-state index contributed by atoms with van der Waals surface area (Å²) in [5.41, 5.74) is 1.53. The number of likely N-dealkylation sites (tertiary alicyclic amines) is 1. The maximum atomic E-state index is 13.7. The average molecular weight is 534 g/mol. The van der Waals surface area contributed by atoms with Crippen molar-refractivity contribution in [1.29, 1.82) is 0 Å². The van der Waals surface area contributed by atoms with E-state index in [4.69, 9.17) is 0 Å². The second-order valence-electron chi connectivity index (χ2n) is 12.4. The quantitative estimate of drug-likeness (QED) is 0.638. The van der Waals surface area contributed by atoms with E-state index in [1.54, 1.807) is 10.9 Å². The molecule has 8 nitrogen and oxygen atoms in total. The van der Waals surface area contributed by atoms with Crippen LogP contribution in [0.15, 0.2) is 42.7 Å². The fourth-order valence-electron chi connectivity index (χ4n) is 6.86. The van der Waals surface area contributed by atoms with E-state index in [1.807, 2.05) is 41.4 Å². The van der Waals surface area contributed by atoms with Crippen LogP contribution in [0.5, 0.6) is 0 Å². The van der Waals surface area contributed by atoms with Gasteiger partial charge in [-0.25, -0.2) is 4.68 Å². The molecule has 8 heteroatoms. The van der Waals surface area contributed by atoms with E-state index in [2.05, 4.69) is 36.1 Å². The monoisotopic (exact) mass is 533 g/mol. The Morgan fingerprint density at radius 1 is 1.08 bits per heavy atom. The topological polar surface area (TPSA) is 87.5 Å². The molecule has 0 spiro atoms. The predicted molar refractivity (Wildman–Crippen MR) is 150 cm³/mol. The van der Waals surface area contributed by atoms with Crippen LogP contribution in [0.25, 0.3) is 5.69 Å². The van der Waals surface area contributed by atoms with Crippen molar-refractivity contribution in [3.05, 3.63) is 48.3 Å². The normalized spacial score (nSPS) is 28.7. The summed E-state index contributed by atoms with van der Waals surface area (Å²) < 4.78 is 1.76. The largest absolute Gasteiger partial charge is 0.353 e. The third-order valence-corrected chi connectivity index (χ3v) is 8.99. The number of amides is 3. The highest BCUT2D eigenvalue weighted by Crippen LogP contribution is 2.37. The fraction of sp³-hybridized carbons (Fsp3) is 0.613. The molecule has 1 N–H and O–H groups in total. The van der Waals surface area contributed by atoms with Crippen molar-refractivity contribution >= 4 is 17.7 Å². The third-order valence-electron chi connectivity index (χ3n) is 8.99. The summed E-state index contributed by atoms with van der Waals surface area (Å²) in [4.78, 5) is 44.2. The first-order chi connectivity index (χ1) is 18.8. The van der Waals surface area contributed by atoms with Gasteiger partial charge in [0.25, 0.3) is 5.91 Å². The Morgan fingerprint density at radius 3 is 2.69 bits per heavy atom. The number of nitrogens with zero attached hydrogens (tertiary/aromatic N) is 4. The van der Waals surface area contributed by atoms with Crippen molar-refractivity contribution in [2.45, 2.75) is 77.8 Å². The van der Waals surface area contributed by atoms with Gasteiger partial charge >= 0.3 is 0 Å².